The van der Waals surface area contributed by atoms with Crippen LogP contribution in [0.1, 0.15) is 11.1 Å². The Bertz CT molecular complexity index is 818. The van der Waals surface area contributed by atoms with Crippen molar-refractivity contribution in [1.29, 1.82) is 0 Å². The molecule has 0 saturated carbocycles. The van der Waals surface area contributed by atoms with Gasteiger partial charge >= 0.3 is 6.61 Å². The molecule has 2 aromatic rings. The minimum atomic E-state index is -2.85. The summed E-state index contributed by atoms with van der Waals surface area (Å²) < 4.78 is 29.0. The van der Waals surface area contributed by atoms with Gasteiger partial charge in [-0.1, -0.05) is 42.5 Å². The molecular weight excluding hydrogens is 517 g/mol. The van der Waals surface area contributed by atoms with E-state index in [1.807, 2.05) is 30.1 Å². The molecule has 6 nitrogen and oxygen atoms in total. The average molecular weight is 546 g/mol. The second kappa shape index (κ2) is 13.8. The molecule has 2 rings (SSSR count). The monoisotopic (exact) mass is 546 g/mol. The highest BCUT2D eigenvalue weighted by atomic mass is 127. The lowest BCUT2D eigenvalue weighted by molar-refractivity contribution is -0.127. The molecule has 0 aromatic heterocycles. The third kappa shape index (κ3) is 9.95. The molecule has 0 bridgehead atoms. The van der Waals surface area contributed by atoms with Crippen LogP contribution in [0.5, 0.6) is 5.75 Å². The van der Waals surface area contributed by atoms with Crippen LogP contribution in [-0.2, 0) is 17.8 Å². The molecule has 170 valence electrons. The Morgan fingerprint density at radius 1 is 1.03 bits per heavy atom. The summed E-state index contributed by atoms with van der Waals surface area (Å²) in [5.41, 5.74) is 2.10. The van der Waals surface area contributed by atoms with Gasteiger partial charge in [-0.15, -0.1) is 24.0 Å². The number of carbonyl (C=O) groups excluding carboxylic acids is 1. The van der Waals surface area contributed by atoms with Crippen LogP contribution in [0.4, 0.5) is 8.78 Å². The molecule has 0 aliphatic carbocycles. The molecular formula is C22H29F2IN4O2. The molecule has 0 saturated heterocycles. The van der Waals surface area contributed by atoms with Crippen molar-refractivity contribution in [3.8, 4) is 5.75 Å². The van der Waals surface area contributed by atoms with Crippen LogP contribution in [-0.4, -0.2) is 62.5 Å². The molecule has 31 heavy (non-hydrogen) atoms. The van der Waals surface area contributed by atoms with E-state index in [1.165, 1.54) is 22.6 Å². The van der Waals surface area contributed by atoms with Crippen LogP contribution in [0, 0.1) is 0 Å². The van der Waals surface area contributed by atoms with Gasteiger partial charge in [-0.05, 0) is 29.7 Å². The van der Waals surface area contributed by atoms with E-state index < -0.39 is 6.61 Å². The van der Waals surface area contributed by atoms with Crippen molar-refractivity contribution < 1.29 is 18.3 Å². The topological polar surface area (TPSA) is 57.2 Å². The quantitative estimate of drug-likeness (QED) is 0.297. The molecule has 0 unspecified atom stereocenters. The summed E-state index contributed by atoms with van der Waals surface area (Å²) in [4.78, 5) is 19.8. The Hall–Kier alpha value is -2.43. The minimum Gasteiger partial charge on any atom is -0.435 e. The van der Waals surface area contributed by atoms with Crippen molar-refractivity contribution in [3.63, 3.8) is 0 Å². The lowest BCUT2D eigenvalue weighted by Gasteiger charge is -2.23. The van der Waals surface area contributed by atoms with Gasteiger partial charge in [-0.3, -0.25) is 4.79 Å². The van der Waals surface area contributed by atoms with E-state index in [4.69, 9.17) is 0 Å². The summed E-state index contributed by atoms with van der Waals surface area (Å²) in [7, 11) is 5.23. The fraction of sp³-hybridized carbons (Fsp3) is 0.364. The maximum absolute atomic E-state index is 12.3. The van der Waals surface area contributed by atoms with E-state index in [0.717, 1.165) is 12.0 Å². The summed E-state index contributed by atoms with van der Waals surface area (Å²) in [5, 5.41) is 3.30. The number of hydrogen-bond donors (Lipinski definition) is 1. The van der Waals surface area contributed by atoms with Gasteiger partial charge in [0, 0.05) is 34.2 Å². The van der Waals surface area contributed by atoms with Gasteiger partial charge in [-0.2, -0.15) is 8.78 Å². The number of halogens is 3. The second-order valence-electron chi connectivity index (χ2n) is 6.97. The van der Waals surface area contributed by atoms with Crippen LogP contribution in [0.2, 0.25) is 0 Å². The zero-order valence-corrected chi connectivity index (χ0v) is 20.3. The predicted octanol–water partition coefficient (Wildman–Crippen LogP) is 3.61. The van der Waals surface area contributed by atoms with Gasteiger partial charge in [0.1, 0.15) is 12.3 Å². The van der Waals surface area contributed by atoms with E-state index in [1.54, 1.807) is 26.2 Å². The largest absolute Gasteiger partial charge is 0.435 e. The highest BCUT2D eigenvalue weighted by Gasteiger charge is 2.10. The number of carbonyl (C=O) groups is 1. The maximum Gasteiger partial charge on any atom is 0.387 e. The summed E-state index contributed by atoms with van der Waals surface area (Å²) >= 11 is 0. The first-order valence-corrected chi connectivity index (χ1v) is 9.62. The van der Waals surface area contributed by atoms with Crippen LogP contribution in [0.3, 0.4) is 0 Å². The number of benzene rings is 2. The summed E-state index contributed by atoms with van der Waals surface area (Å²) in [6.07, 6.45) is 0.814. The van der Waals surface area contributed by atoms with Crippen LogP contribution in [0.15, 0.2) is 59.6 Å². The lowest BCUT2D eigenvalue weighted by Crippen LogP contribution is -2.40. The summed E-state index contributed by atoms with van der Waals surface area (Å²) in [6, 6.07) is 16.5. The van der Waals surface area contributed by atoms with Crippen LogP contribution in [0.25, 0.3) is 0 Å². The maximum atomic E-state index is 12.3. The first-order valence-electron chi connectivity index (χ1n) is 9.62. The van der Waals surface area contributed by atoms with Crippen molar-refractivity contribution in [3.05, 3.63) is 65.7 Å². The Morgan fingerprint density at radius 2 is 1.68 bits per heavy atom. The molecule has 0 aliphatic heterocycles. The zero-order chi connectivity index (χ0) is 21.9. The van der Waals surface area contributed by atoms with Gasteiger partial charge in [0.15, 0.2) is 5.96 Å². The fourth-order valence-corrected chi connectivity index (χ4v) is 2.68. The Kier molecular flexibility index (Phi) is 11.8. The van der Waals surface area contributed by atoms with Gasteiger partial charge in [0.05, 0.1) is 0 Å². The fourth-order valence-electron chi connectivity index (χ4n) is 2.68. The molecule has 1 N–H and O–H groups in total. The molecule has 9 heteroatoms. The highest BCUT2D eigenvalue weighted by molar-refractivity contribution is 14.0. The number of ether oxygens (including phenoxy) is 1. The normalized spacial score (nSPS) is 11.0. The minimum absolute atomic E-state index is 0. The van der Waals surface area contributed by atoms with Crippen molar-refractivity contribution in [1.82, 2.24) is 15.1 Å². The number of alkyl halides is 2. The molecule has 0 atom stereocenters. The highest BCUT2D eigenvalue weighted by Crippen LogP contribution is 2.15. The molecule has 1 amide bonds. The number of aliphatic imine (C=N–C) groups is 1. The second-order valence-corrected chi connectivity index (χ2v) is 6.97. The molecule has 0 aliphatic rings. The molecule has 2 aromatic carbocycles. The van der Waals surface area contributed by atoms with E-state index in [0.29, 0.717) is 19.0 Å². The number of nitrogens with one attached hydrogen (secondary N) is 1. The summed E-state index contributed by atoms with van der Waals surface area (Å²) in [6.45, 7) is -1.67. The number of hydrogen-bond acceptors (Lipinski definition) is 3. The van der Waals surface area contributed by atoms with Crippen LogP contribution >= 0.6 is 24.0 Å². The van der Waals surface area contributed by atoms with Gasteiger partial charge < -0.3 is 19.9 Å². The number of guanidine groups is 1. The predicted molar refractivity (Wildman–Crippen MR) is 129 cm³/mol. The lowest BCUT2D eigenvalue weighted by atomic mass is 10.1. The van der Waals surface area contributed by atoms with Crippen molar-refractivity contribution in [2.75, 3.05) is 34.2 Å². The van der Waals surface area contributed by atoms with E-state index in [2.05, 4.69) is 27.2 Å². The standard InChI is InChI=1S/C22H28F2N4O2.HI/c1-27(2)20(29)15-26-22(25-14-13-17-7-5-4-6-8-17)28(3)16-18-9-11-19(12-10-18)30-21(23)24;/h4-12,21H,13-16H2,1-3H3,(H,25,26);1H. The van der Waals surface area contributed by atoms with Crippen LogP contribution < -0.4 is 10.1 Å². The Balaban J connectivity index is 0.00000480. The zero-order valence-electron chi connectivity index (χ0n) is 17.9. The van der Waals surface area contributed by atoms with E-state index in [9.17, 15) is 13.6 Å². The third-order valence-corrected chi connectivity index (χ3v) is 4.33. The third-order valence-electron chi connectivity index (χ3n) is 4.33. The van der Waals surface area contributed by atoms with Crippen molar-refractivity contribution in [2.45, 2.75) is 19.6 Å². The molecule has 0 fully saturated rings. The Labute approximate surface area is 199 Å². The molecule has 0 radical (unpaired) electrons. The van der Waals surface area contributed by atoms with E-state index in [-0.39, 0.29) is 42.2 Å². The number of amides is 1. The van der Waals surface area contributed by atoms with Crippen molar-refractivity contribution >= 4 is 35.8 Å². The number of likely N-dealkylation sites (N-methyl/N-ethyl adjacent to an activating group) is 1. The first-order chi connectivity index (χ1) is 14.3. The molecule has 0 heterocycles. The molecule has 0 spiro atoms. The number of nitrogens with zero attached hydrogens (tertiary/aromatic N) is 3. The SMILES string of the molecule is CN(C)C(=O)CN=C(NCCc1ccccc1)N(C)Cc1ccc(OC(F)F)cc1.I. The smallest absolute Gasteiger partial charge is 0.387 e. The van der Waals surface area contributed by atoms with Gasteiger partial charge in [-0.25, -0.2) is 4.99 Å². The van der Waals surface area contributed by atoms with Crippen molar-refractivity contribution in [2.24, 2.45) is 4.99 Å². The van der Waals surface area contributed by atoms with Gasteiger partial charge in [0.2, 0.25) is 5.91 Å². The van der Waals surface area contributed by atoms with E-state index >= 15 is 0 Å². The average Bonchev–Trinajstić information content (AvgIpc) is 2.72. The summed E-state index contributed by atoms with van der Waals surface area (Å²) in [5.74, 6) is 0.608. The number of rotatable bonds is 9. The first kappa shape index (κ1) is 26.6. The van der Waals surface area contributed by atoms with Gasteiger partial charge in [0.25, 0.3) is 0 Å². The Morgan fingerprint density at radius 3 is 2.26 bits per heavy atom.